The third kappa shape index (κ3) is 4.20. The lowest BCUT2D eigenvalue weighted by molar-refractivity contribution is -0.131. The summed E-state index contributed by atoms with van der Waals surface area (Å²) in [6, 6.07) is 0. The summed E-state index contributed by atoms with van der Waals surface area (Å²) in [7, 11) is 0. The predicted molar refractivity (Wildman–Crippen MR) is 60.6 cm³/mol. The molecule has 88 valence electrons. The molecular weight excluding hydrogens is 190 g/mol. The Morgan fingerprint density at radius 3 is 2.80 bits per heavy atom. The molecule has 1 amide bonds. The van der Waals surface area contributed by atoms with Gasteiger partial charge in [-0.05, 0) is 32.6 Å². The first-order chi connectivity index (χ1) is 7.05. The number of nitrogens with zero attached hydrogens (tertiary/aromatic N) is 1. The van der Waals surface area contributed by atoms with E-state index in [4.69, 9.17) is 0 Å². The van der Waals surface area contributed by atoms with Gasteiger partial charge in [0.25, 0.3) is 0 Å². The number of hydrogen-bond donors (Lipinski definition) is 1. The van der Waals surface area contributed by atoms with Crippen LogP contribution in [-0.2, 0) is 4.79 Å². The highest BCUT2D eigenvalue weighted by Crippen LogP contribution is 2.21. The zero-order chi connectivity index (χ0) is 11.3. The van der Waals surface area contributed by atoms with Crippen molar-refractivity contribution in [2.24, 2.45) is 0 Å². The fourth-order valence-corrected chi connectivity index (χ4v) is 2.00. The molecule has 0 saturated carbocycles. The summed E-state index contributed by atoms with van der Waals surface area (Å²) >= 11 is 0. The van der Waals surface area contributed by atoms with Crippen molar-refractivity contribution < 1.29 is 9.90 Å². The maximum absolute atomic E-state index is 11.8. The minimum absolute atomic E-state index is 0.259. The van der Waals surface area contributed by atoms with E-state index in [2.05, 4.69) is 6.92 Å². The van der Waals surface area contributed by atoms with Gasteiger partial charge in [0.05, 0.1) is 5.60 Å². The molecule has 0 aromatic rings. The molecule has 3 heteroatoms. The van der Waals surface area contributed by atoms with E-state index in [0.29, 0.717) is 12.8 Å². The van der Waals surface area contributed by atoms with Gasteiger partial charge in [0, 0.05) is 19.5 Å². The van der Waals surface area contributed by atoms with Crippen LogP contribution in [0.4, 0.5) is 0 Å². The number of aliphatic hydroxyl groups is 1. The molecule has 0 spiro atoms. The molecule has 15 heavy (non-hydrogen) atoms. The summed E-state index contributed by atoms with van der Waals surface area (Å²) < 4.78 is 0. The van der Waals surface area contributed by atoms with E-state index >= 15 is 0 Å². The molecule has 3 nitrogen and oxygen atoms in total. The highest BCUT2D eigenvalue weighted by atomic mass is 16.3. The third-order valence-corrected chi connectivity index (χ3v) is 3.16. The summed E-state index contributed by atoms with van der Waals surface area (Å²) in [6.07, 6.45) is 5.15. The number of unbranched alkanes of at least 4 members (excludes halogenated alkanes) is 1. The van der Waals surface area contributed by atoms with Crippen molar-refractivity contribution >= 4 is 5.91 Å². The van der Waals surface area contributed by atoms with Gasteiger partial charge in [0.15, 0.2) is 0 Å². The Balaban J connectivity index is 2.40. The highest BCUT2D eigenvalue weighted by molar-refractivity contribution is 5.76. The van der Waals surface area contributed by atoms with Crippen molar-refractivity contribution in [2.45, 2.75) is 58.0 Å². The zero-order valence-electron chi connectivity index (χ0n) is 9.96. The Morgan fingerprint density at radius 2 is 2.13 bits per heavy atom. The molecule has 0 bridgehead atoms. The molecule has 1 saturated heterocycles. The van der Waals surface area contributed by atoms with E-state index in [-0.39, 0.29) is 5.91 Å². The smallest absolute Gasteiger partial charge is 0.222 e. The fourth-order valence-electron chi connectivity index (χ4n) is 2.00. The van der Waals surface area contributed by atoms with Gasteiger partial charge in [0.1, 0.15) is 0 Å². The second-order valence-corrected chi connectivity index (χ2v) is 4.83. The van der Waals surface area contributed by atoms with Crippen LogP contribution >= 0.6 is 0 Å². The van der Waals surface area contributed by atoms with E-state index in [1.165, 1.54) is 0 Å². The summed E-state index contributed by atoms with van der Waals surface area (Å²) in [4.78, 5) is 13.7. The van der Waals surface area contributed by atoms with Crippen molar-refractivity contribution in [2.75, 3.05) is 13.1 Å². The number of hydrogen-bond acceptors (Lipinski definition) is 2. The van der Waals surface area contributed by atoms with Crippen LogP contribution in [0.3, 0.4) is 0 Å². The SMILES string of the molecule is CCCCC(=O)N1CCCC(C)(O)CC1. The molecule has 1 atom stereocenters. The van der Waals surface area contributed by atoms with Crippen LogP contribution in [0.15, 0.2) is 0 Å². The van der Waals surface area contributed by atoms with Crippen LogP contribution in [0, 0.1) is 0 Å². The van der Waals surface area contributed by atoms with E-state index in [1.54, 1.807) is 0 Å². The van der Waals surface area contributed by atoms with Gasteiger partial charge < -0.3 is 10.0 Å². The number of likely N-dealkylation sites (tertiary alicyclic amines) is 1. The van der Waals surface area contributed by atoms with Crippen molar-refractivity contribution in [1.29, 1.82) is 0 Å². The molecule has 1 N–H and O–H groups in total. The minimum atomic E-state index is -0.570. The summed E-state index contributed by atoms with van der Waals surface area (Å²) in [5, 5.41) is 9.89. The van der Waals surface area contributed by atoms with E-state index in [0.717, 1.165) is 38.8 Å². The van der Waals surface area contributed by atoms with Gasteiger partial charge in [-0.1, -0.05) is 13.3 Å². The zero-order valence-corrected chi connectivity index (χ0v) is 9.96. The van der Waals surface area contributed by atoms with Gasteiger partial charge in [-0.2, -0.15) is 0 Å². The lowest BCUT2D eigenvalue weighted by Gasteiger charge is -2.22. The Labute approximate surface area is 92.5 Å². The lowest BCUT2D eigenvalue weighted by atomic mass is 9.98. The molecule has 1 rings (SSSR count). The lowest BCUT2D eigenvalue weighted by Crippen LogP contribution is -2.33. The van der Waals surface area contributed by atoms with Crippen LogP contribution < -0.4 is 0 Å². The van der Waals surface area contributed by atoms with Gasteiger partial charge in [0.2, 0.25) is 5.91 Å². The fraction of sp³-hybridized carbons (Fsp3) is 0.917. The molecule has 1 aliphatic heterocycles. The average molecular weight is 213 g/mol. The standard InChI is InChI=1S/C12H23NO2/c1-3-4-6-11(14)13-9-5-7-12(2,15)8-10-13/h15H,3-10H2,1-2H3. The Kier molecular flexibility index (Phi) is 4.58. The first-order valence-corrected chi connectivity index (χ1v) is 6.05. The third-order valence-electron chi connectivity index (χ3n) is 3.16. The van der Waals surface area contributed by atoms with Crippen LogP contribution in [0.2, 0.25) is 0 Å². The summed E-state index contributed by atoms with van der Waals surface area (Å²) in [5.41, 5.74) is -0.570. The second kappa shape index (κ2) is 5.50. The number of carbonyl (C=O) groups excluding carboxylic acids is 1. The Morgan fingerprint density at radius 1 is 1.40 bits per heavy atom. The maximum Gasteiger partial charge on any atom is 0.222 e. The van der Waals surface area contributed by atoms with Crippen LogP contribution in [0.1, 0.15) is 52.4 Å². The normalized spacial score (nSPS) is 27.5. The molecule has 0 aromatic heterocycles. The first kappa shape index (κ1) is 12.5. The molecule has 1 fully saturated rings. The average Bonchev–Trinajstić information content (AvgIpc) is 2.36. The van der Waals surface area contributed by atoms with Gasteiger partial charge in [-0.3, -0.25) is 4.79 Å². The Bertz CT molecular complexity index is 214. The van der Waals surface area contributed by atoms with E-state index < -0.39 is 5.60 Å². The summed E-state index contributed by atoms with van der Waals surface area (Å²) in [5.74, 6) is 0.259. The second-order valence-electron chi connectivity index (χ2n) is 4.83. The van der Waals surface area contributed by atoms with E-state index in [1.807, 2.05) is 11.8 Å². The Hall–Kier alpha value is -0.570. The maximum atomic E-state index is 11.8. The topological polar surface area (TPSA) is 40.5 Å². The number of rotatable bonds is 3. The van der Waals surface area contributed by atoms with Crippen LogP contribution in [0.5, 0.6) is 0 Å². The van der Waals surface area contributed by atoms with Crippen molar-refractivity contribution in [1.82, 2.24) is 4.90 Å². The minimum Gasteiger partial charge on any atom is -0.390 e. The summed E-state index contributed by atoms with van der Waals surface area (Å²) in [6.45, 7) is 5.50. The largest absolute Gasteiger partial charge is 0.390 e. The quantitative estimate of drug-likeness (QED) is 0.778. The monoisotopic (exact) mass is 213 g/mol. The predicted octanol–water partition coefficient (Wildman–Crippen LogP) is 1.94. The van der Waals surface area contributed by atoms with Gasteiger partial charge >= 0.3 is 0 Å². The number of carbonyl (C=O) groups is 1. The van der Waals surface area contributed by atoms with E-state index in [9.17, 15) is 9.90 Å². The van der Waals surface area contributed by atoms with Crippen LogP contribution in [-0.4, -0.2) is 34.6 Å². The molecule has 1 unspecified atom stereocenters. The highest BCUT2D eigenvalue weighted by Gasteiger charge is 2.26. The van der Waals surface area contributed by atoms with Gasteiger partial charge in [-0.25, -0.2) is 0 Å². The number of amides is 1. The molecule has 0 aromatic carbocycles. The molecule has 1 heterocycles. The van der Waals surface area contributed by atoms with Crippen molar-refractivity contribution in [3.05, 3.63) is 0 Å². The molecule has 1 aliphatic rings. The van der Waals surface area contributed by atoms with Gasteiger partial charge in [-0.15, -0.1) is 0 Å². The van der Waals surface area contributed by atoms with Crippen LogP contribution in [0.25, 0.3) is 0 Å². The van der Waals surface area contributed by atoms with Crippen molar-refractivity contribution in [3.8, 4) is 0 Å². The van der Waals surface area contributed by atoms with Crippen molar-refractivity contribution in [3.63, 3.8) is 0 Å². The molecule has 0 radical (unpaired) electrons. The molecule has 0 aliphatic carbocycles. The first-order valence-electron chi connectivity index (χ1n) is 6.05. The molecular formula is C12H23NO2.